The highest BCUT2D eigenvalue weighted by Gasteiger charge is 2.19. The molecule has 10 heteroatoms. The predicted molar refractivity (Wildman–Crippen MR) is 121 cm³/mol. The van der Waals surface area contributed by atoms with Gasteiger partial charge in [0.15, 0.2) is 0 Å². The van der Waals surface area contributed by atoms with Gasteiger partial charge in [-0.15, -0.1) is 0 Å². The zero-order valence-corrected chi connectivity index (χ0v) is 18.7. The number of likely N-dealkylation sites (N-methyl/N-ethyl adjacent to an activating group) is 1. The molecule has 0 bridgehead atoms. The molecule has 1 amide bonds. The minimum atomic E-state index is -0.302. The van der Waals surface area contributed by atoms with Crippen molar-refractivity contribution in [3.8, 4) is 22.8 Å². The summed E-state index contributed by atoms with van der Waals surface area (Å²) in [5, 5.41) is 7.33. The quantitative estimate of drug-likeness (QED) is 0.625. The SMILES string of the molecule is COc1ccc(OC)c(-c2cc(C(=O)Nc3cnc(N4CCN(C)CC4)nc3)n(C)n2)c1. The van der Waals surface area contributed by atoms with Crippen LogP contribution in [-0.4, -0.2) is 78.0 Å². The Bertz CT molecular complexity index is 1090. The van der Waals surface area contributed by atoms with Crippen LogP contribution >= 0.6 is 0 Å². The summed E-state index contributed by atoms with van der Waals surface area (Å²) in [6.45, 7) is 3.72. The van der Waals surface area contributed by atoms with Crippen molar-refractivity contribution in [1.29, 1.82) is 0 Å². The lowest BCUT2D eigenvalue weighted by Gasteiger charge is -2.32. The molecule has 1 aliphatic heterocycles. The van der Waals surface area contributed by atoms with Crippen LogP contribution in [0.4, 0.5) is 11.6 Å². The number of carbonyl (C=O) groups excluding carboxylic acids is 1. The van der Waals surface area contributed by atoms with Crippen molar-refractivity contribution >= 4 is 17.5 Å². The van der Waals surface area contributed by atoms with E-state index in [2.05, 4.69) is 37.2 Å². The number of nitrogens with one attached hydrogen (secondary N) is 1. The van der Waals surface area contributed by atoms with Crippen molar-refractivity contribution in [2.75, 3.05) is 57.7 Å². The molecule has 1 fully saturated rings. The second-order valence-corrected chi connectivity index (χ2v) is 7.62. The van der Waals surface area contributed by atoms with Crippen LogP contribution in [0.5, 0.6) is 11.5 Å². The lowest BCUT2D eigenvalue weighted by Crippen LogP contribution is -2.45. The molecule has 0 aliphatic carbocycles. The molecule has 32 heavy (non-hydrogen) atoms. The Labute approximate surface area is 186 Å². The average Bonchev–Trinajstić information content (AvgIpc) is 3.21. The van der Waals surface area contributed by atoms with Crippen LogP contribution in [-0.2, 0) is 7.05 Å². The van der Waals surface area contributed by atoms with E-state index in [0.29, 0.717) is 34.5 Å². The van der Waals surface area contributed by atoms with Crippen molar-refractivity contribution in [2.45, 2.75) is 0 Å². The summed E-state index contributed by atoms with van der Waals surface area (Å²) in [5.41, 5.74) is 2.26. The molecular formula is C22H27N7O3. The maximum absolute atomic E-state index is 12.9. The molecule has 3 aromatic rings. The van der Waals surface area contributed by atoms with Gasteiger partial charge in [-0.1, -0.05) is 0 Å². The van der Waals surface area contributed by atoms with E-state index in [9.17, 15) is 4.79 Å². The lowest BCUT2D eigenvalue weighted by atomic mass is 10.1. The van der Waals surface area contributed by atoms with E-state index in [1.165, 1.54) is 4.68 Å². The average molecular weight is 438 g/mol. The van der Waals surface area contributed by atoms with Gasteiger partial charge >= 0.3 is 0 Å². The Morgan fingerprint density at radius 2 is 1.72 bits per heavy atom. The number of benzene rings is 1. The number of amides is 1. The van der Waals surface area contributed by atoms with Crippen LogP contribution in [0.25, 0.3) is 11.3 Å². The van der Waals surface area contributed by atoms with E-state index in [1.54, 1.807) is 39.7 Å². The standard InChI is InChI=1S/C22H27N7O3/c1-27-7-9-29(10-8-27)22-23-13-15(14-24-22)25-21(30)19-12-18(26-28(19)2)17-11-16(31-3)5-6-20(17)32-4/h5-6,11-14H,7-10H2,1-4H3,(H,25,30). The third-order valence-electron chi connectivity index (χ3n) is 5.48. The lowest BCUT2D eigenvalue weighted by molar-refractivity contribution is 0.101. The largest absolute Gasteiger partial charge is 0.497 e. The first-order valence-electron chi connectivity index (χ1n) is 10.3. The van der Waals surface area contributed by atoms with Crippen LogP contribution in [0.1, 0.15) is 10.5 Å². The number of aromatic nitrogens is 4. The van der Waals surface area contributed by atoms with E-state index < -0.39 is 0 Å². The molecule has 2 aromatic heterocycles. The molecule has 3 heterocycles. The summed E-state index contributed by atoms with van der Waals surface area (Å²) < 4.78 is 12.3. The molecule has 1 aromatic carbocycles. The molecule has 0 spiro atoms. The third-order valence-corrected chi connectivity index (χ3v) is 5.48. The molecule has 0 atom stereocenters. The fourth-order valence-corrected chi connectivity index (χ4v) is 3.58. The first-order valence-corrected chi connectivity index (χ1v) is 10.3. The van der Waals surface area contributed by atoms with Crippen LogP contribution < -0.4 is 19.7 Å². The fourth-order valence-electron chi connectivity index (χ4n) is 3.58. The van der Waals surface area contributed by atoms with E-state index in [-0.39, 0.29) is 5.91 Å². The van der Waals surface area contributed by atoms with Gasteiger partial charge in [0.05, 0.1) is 38.0 Å². The Kier molecular flexibility index (Phi) is 6.22. The van der Waals surface area contributed by atoms with Gasteiger partial charge in [-0.25, -0.2) is 9.97 Å². The van der Waals surface area contributed by atoms with Crippen molar-refractivity contribution in [3.63, 3.8) is 0 Å². The van der Waals surface area contributed by atoms with Crippen LogP contribution in [0.15, 0.2) is 36.7 Å². The van der Waals surface area contributed by atoms with Crippen LogP contribution in [0.3, 0.4) is 0 Å². The number of hydrogen-bond acceptors (Lipinski definition) is 8. The Morgan fingerprint density at radius 3 is 2.38 bits per heavy atom. The Morgan fingerprint density at radius 1 is 1.00 bits per heavy atom. The molecule has 0 radical (unpaired) electrons. The highest BCUT2D eigenvalue weighted by atomic mass is 16.5. The van der Waals surface area contributed by atoms with Crippen molar-refractivity contribution in [1.82, 2.24) is 24.6 Å². The van der Waals surface area contributed by atoms with E-state index in [0.717, 1.165) is 31.7 Å². The second-order valence-electron chi connectivity index (χ2n) is 7.62. The summed E-state index contributed by atoms with van der Waals surface area (Å²) in [5.74, 6) is 1.69. The van der Waals surface area contributed by atoms with Crippen molar-refractivity contribution in [2.24, 2.45) is 7.05 Å². The van der Waals surface area contributed by atoms with Gasteiger partial charge in [0.2, 0.25) is 5.95 Å². The smallest absolute Gasteiger partial charge is 0.274 e. The maximum atomic E-state index is 12.9. The molecule has 168 valence electrons. The summed E-state index contributed by atoms with van der Waals surface area (Å²) >= 11 is 0. The Balaban J connectivity index is 1.49. The summed E-state index contributed by atoms with van der Waals surface area (Å²) in [6, 6.07) is 7.16. The van der Waals surface area contributed by atoms with E-state index >= 15 is 0 Å². The number of nitrogens with zero attached hydrogens (tertiary/aromatic N) is 6. The van der Waals surface area contributed by atoms with E-state index in [4.69, 9.17) is 9.47 Å². The number of hydrogen-bond donors (Lipinski definition) is 1. The fraction of sp³-hybridized carbons (Fsp3) is 0.364. The van der Waals surface area contributed by atoms with Gasteiger partial charge in [-0.2, -0.15) is 5.10 Å². The molecule has 10 nitrogen and oxygen atoms in total. The van der Waals surface area contributed by atoms with Crippen LogP contribution in [0.2, 0.25) is 0 Å². The Hall–Kier alpha value is -3.66. The minimum absolute atomic E-state index is 0.302. The molecule has 0 unspecified atom stereocenters. The van der Waals surface area contributed by atoms with Gasteiger partial charge in [-0.3, -0.25) is 9.48 Å². The topological polar surface area (TPSA) is 97.6 Å². The number of rotatable bonds is 6. The molecular weight excluding hydrogens is 410 g/mol. The third kappa shape index (κ3) is 4.50. The zero-order chi connectivity index (χ0) is 22.7. The first kappa shape index (κ1) is 21.6. The van der Waals surface area contributed by atoms with Gasteiger partial charge in [-0.05, 0) is 31.3 Å². The summed E-state index contributed by atoms with van der Waals surface area (Å²) in [6.07, 6.45) is 3.25. The normalized spacial score (nSPS) is 14.3. The molecule has 1 aliphatic rings. The molecule has 1 N–H and O–H groups in total. The first-order chi connectivity index (χ1) is 15.5. The van der Waals surface area contributed by atoms with Gasteiger partial charge in [0.1, 0.15) is 17.2 Å². The monoisotopic (exact) mass is 437 g/mol. The van der Waals surface area contributed by atoms with Crippen LogP contribution in [0, 0.1) is 0 Å². The van der Waals surface area contributed by atoms with Crippen molar-refractivity contribution < 1.29 is 14.3 Å². The number of ether oxygens (including phenoxy) is 2. The molecule has 0 saturated carbocycles. The van der Waals surface area contributed by atoms with Crippen molar-refractivity contribution in [3.05, 3.63) is 42.4 Å². The molecule has 4 rings (SSSR count). The number of anilines is 2. The highest BCUT2D eigenvalue weighted by Crippen LogP contribution is 2.33. The van der Waals surface area contributed by atoms with Gasteiger partial charge in [0.25, 0.3) is 5.91 Å². The maximum Gasteiger partial charge on any atom is 0.274 e. The second kappa shape index (κ2) is 9.23. The molecule has 1 saturated heterocycles. The number of piperazine rings is 1. The van der Waals surface area contributed by atoms with E-state index in [1.807, 2.05) is 18.2 Å². The van der Waals surface area contributed by atoms with Gasteiger partial charge < -0.3 is 24.6 Å². The summed E-state index contributed by atoms with van der Waals surface area (Å²) in [4.78, 5) is 26.1. The zero-order valence-electron chi connectivity index (χ0n) is 18.7. The number of methoxy groups -OCH3 is 2. The number of aryl methyl sites for hydroxylation is 1. The minimum Gasteiger partial charge on any atom is -0.497 e. The van der Waals surface area contributed by atoms with Gasteiger partial charge in [0, 0.05) is 38.8 Å². The predicted octanol–water partition coefficient (Wildman–Crippen LogP) is 1.90. The summed E-state index contributed by atoms with van der Waals surface area (Å²) in [7, 11) is 7.01. The highest BCUT2D eigenvalue weighted by molar-refractivity contribution is 6.03. The number of carbonyl (C=O) groups is 1.